The summed E-state index contributed by atoms with van der Waals surface area (Å²) in [6.07, 6.45) is 0. The smallest absolute Gasteiger partial charge is 0.260 e. The standard InChI is InChI=1S/C18H20N4O3/c1-8-5-6-12(23)10(3)15(8)22-11-7-9(2)21(4)18(25)13(11)14(16(22)19)17(20)24/h5-7,23H,19H2,1-4H3,(H2,20,24). The van der Waals surface area contributed by atoms with Gasteiger partial charge in [-0.25, -0.2) is 0 Å². The van der Waals surface area contributed by atoms with E-state index in [1.54, 1.807) is 43.7 Å². The number of aromatic nitrogens is 2. The van der Waals surface area contributed by atoms with Crippen molar-refractivity contribution in [2.75, 3.05) is 5.73 Å². The molecule has 1 amide bonds. The molecule has 0 unspecified atom stereocenters. The van der Waals surface area contributed by atoms with Gasteiger partial charge in [0, 0.05) is 18.3 Å². The largest absolute Gasteiger partial charge is 0.508 e. The molecule has 2 heterocycles. The van der Waals surface area contributed by atoms with Crippen molar-refractivity contribution < 1.29 is 9.90 Å². The highest BCUT2D eigenvalue weighted by Crippen LogP contribution is 2.35. The fraction of sp³-hybridized carbons (Fsp3) is 0.222. The van der Waals surface area contributed by atoms with Crippen LogP contribution in [0.25, 0.3) is 16.6 Å². The first-order valence-corrected chi connectivity index (χ1v) is 7.76. The number of amides is 1. The van der Waals surface area contributed by atoms with Crippen LogP contribution in [0.5, 0.6) is 5.75 Å². The average molecular weight is 340 g/mol. The summed E-state index contributed by atoms with van der Waals surface area (Å²) in [7, 11) is 1.63. The molecule has 0 aliphatic heterocycles. The maximum absolute atomic E-state index is 12.7. The molecule has 0 spiro atoms. The van der Waals surface area contributed by atoms with Crippen LogP contribution < -0.4 is 17.0 Å². The van der Waals surface area contributed by atoms with Gasteiger partial charge in [-0.05, 0) is 38.5 Å². The van der Waals surface area contributed by atoms with E-state index in [1.165, 1.54) is 4.57 Å². The van der Waals surface area contributed by atoms with Crippen LogP contribution in [0.3, 0.4) is 0 Å². The van der Waals surface area contributed by atoms with Crippen LogP contribution in [-0.2, 0) is 7.05 Å². The van der Waals surface area contributed by atoms with E-state index in [2.05, 4.69) is 0 Å². The number of aromatic hydroxyl groups is 1. The summed E-state index contributed by atoms with van der Waals surface area (Å²) >= 11 is 0. The number of carbonyl (C=O) groups excluding carboxylic acids is 1. The Morgan fingerprint density at radius 1 is 1.20 bits per heavy atom. The maximum Gasteiger partial charge on any atom is 0.260 e. The lowest BCUT2D eigenvalue weighted by molar-refractivity contribution is 0.100. The Morgan fingerprint density at radius 3 is 2.44 bits per heavy atom. The van der Waals surface area contributed by atoms with Crippen LogP contribution in [0, 0.1) is 20.8 Å². The van der Waals surface area contributed by atoms with Gasteiger partial charge in [0.2, 0.25) is 0 Å². The summed E-state index contributed by atoms with van der Waals surface area (Å²) in [4.78, 5) is 24.7. The number of nitrogens with two attached hydrogens (primary N) is 2. The number of hydrogen-bond donors (Lipinski definition) is 3. The predicted octanol–water partition coefficient (Wildman–Crippen LogP) is 1.64. The Kier molecular flexibility index (Phi) is 3.60. The minimum atomic E-state index is -0.766. The summed E-state index contributed by atoms with van der Waals surface area (Å²) in [6.45, 7) is 5.41. The zero-order chi connectivity index (χ0) is 18.6. The number of rotatable bonds is 2. The molecule has 3 aromatic rings. The molecule has 0 saturated carbocycles. The van der Waals surface area contributed by atoms with Gasteiger partial charge in [0.25, 0.3) is 11.5 Å². The fourth-order valence-electron chi connectivity index (χ4n) is 3.24. The monoisotopic (exact) mass is 340 g/mol. The second-order valence-corrected chi connectivity index (χ2v) is 6.25. The van der Waals surface area contributed by atoms with Gasteiger partial charge in [0.1, 0.15) is 11.6 Å². The van der Waals surface area contributed by atoms with Gasteiger partial charge in [0.15, 0.2) is 0 Å². The Bertz CT molecular complexity index is 1110. The third-order valence-electron chi connectivity index (χ3n) is 4.71. The van der Waals surface area contributed by atoms with Gasteiger partial charge >= 0.3 is 0 Å². The van der Waals surface area contributed by atoms with Gasteiger partial charge in [-0.15, -0.1) is 0 Å². The van der Waals surface area contributed by atoms with Crippen molar-refractivity contribution in [1.29, 1.82) is 0 Å². The maximum atomic E-state index is 12.7. The number of benzene rings is 1. The highest BCUT2D eigenvalue weighted by atomic mass is 16.3. The summed E-state index contributed by atoms with van der Waals surface area (Å²) in [5, 5.41) is 10.3. The molecule has 0 bridgehead atoms. The fourth-order valence-corrected chi connectivity index (χ4v) is 3.24. The number of hydrogen-bond acceptors (Lipinski definition) is 4. The average Bonchev–Trinajstić information content (AvgIpc) is 2.82. The quantitative estimate of drug-likeness (QED) is 0.657. The molecule has 7 nitrogen and oxygen atoms in total. The first kappa shape index (κ1) is 16.6. The van der Waals surface area contributed by atoms with E-state index in [0.717, 1.165) is 5.56 Å². The SMILES string of the molecule is Cc1ccc(O)c(C)c1-n1c(N)c(C(N)=O)c2c(=O)n(C)c(C)cc21. The van der Waals surface area contributed by atoms with Crippen LogP contribution in [0.2, 0.25) is 0 Å². The molecule has 2 aromatic heterocycles. The number of nitrogen functional groups attached to an aromatic ring is 1. The van der Waals surface area contributed by atoms with Crippen LogP contribution in [0.15, 0.2) is 23.0 Å². The third kappa shape index (κ3) is 2.20. The minimum Gasteiger partial charge on any atom is -0.508 e. The van der Waals surface area contributed by atoms with Crippen molar-refractivity contribution in [3.05, 3.63) is 50.9 Å². The molecule has 3 rings (SSSR count). The Morgan fingerprint density at radius 2 is 1.84 bits per heavy atom. The third-order valence-corrected chi connectivity index (χ3v) is 4.71. The lowest BCUT2D eigenvalue weighted by atomic mass is 10.1. The second kappa shape index (κ2) is 5.41. The van der Waals surface area contributed by atoms with Crippen molar-refractivity contribution in [2.24, 2.45) is 12.8 Å². The van der Waals surface area contributed by atoms with Crippen LogP contribution >= 0.6 is 0 Å². The number of phenolic OH excluding ortho intramolecular Hbond substituents is 1. The van der Waals surface area contributed by atoms with E-state index in [1.807, 2.05) is 6.92 Å². The number of phenols is 1. The van der Waals surface area contributed by atoms with Crippen LogP contribution in [-0.4, -0.2) is 20.1 Å². The Labute approximate surface area is 144 Å². The number of nitrogens with zero attached hydrogens (tertiary/aromatic N) is 2. The lowest BCUT2D eigenvalue weighted by Gasteiger charge is -2.16. The molecule has 0 saturated heterocycles. The molecule has 0 aliphatic rings. The van der Waals surface area contributed by atoms with E-state index < -0.39 is 5.91 Å². The summed E-state index contributed by atoms with van der Waals surface area (Å²) in [5.41, 5.74) is 14.7. The Hall–Kier alpha value is -3.22. The zero-order valence-corrected chi connectivity index (χ0v) is 14.5. The number of carbonyl (C=O) groups is 1. The molecular formula is C18H20N4O3. The first-order valence-electron chi connectivity index (χ1n) is 7.76. The van der Waals surface area contributed by atoms with Gasteiger partial charge < -0.3 is 21.1 Å². The summed E-state index contributed by atoms with van der Waals surface area (Å²) < 4.78 is 3.06. The van der Waals surface area contributed by atoms with Crippen LogP contribution in [0.1, 0.15) is 27.2 Å². The molecule has 1 aromatic carbocycles. The normalized spacial score (nSPS) is 11.2. The summed E-state index contributed by atoms with van der Waals surface area (Å²) in [6, 6.07) is 5.12. The van der Waals surface area contributed by atoms with E-state index in [9.17, 15) is 14.7 Å². The molecule has 7 heteroatoms. The van der Waals surface area contributed by atoms with E-state index in [0.29, 0.717) is 22.5 Å². The number of aryl methyl sites for hydroxylation is 2. The van der Waals surface area contributed by atoms with E-state index in [4.69, 9.17) is 11.5 Å². The Balaban J connectivity index is 2.63. The number of anilines is 1. The van der Waals surface area contributed by atoms with E-state index >= 15 is 0 Å². The molecule has 0 radical (unpaired) electrons. The topological polar surface area (TPSA) is 116 Å². The first-order chi connectivity index (χ1) is 11.7. The van der Waals surface area contributed by atoms with Gasteiger partial charge in [-0.2, -0.15) is 0 Å². The van der Waals surface area contributed by atoms with Gasteiger partial charge in [0.05, 0.1) is 22.2 Å². The highest BCUT2D eigenvalue weighted by Gasteiger charge is 2.25. The number of primary amides is 1. The zero-order valence-electron chi connectivity index (χ0n) is 14.5. The number of fused-ring (bicyclic) bond motifs is 1. The highest BCUT2D eigenvalue weighted by molar-refractivity contribution is 6.11. The van der Waals surface area contributed by atoms with Gasteiger partial charge in [-0.3, -0.25) is 14.2 Å². The summed E-state index contributed by atoms with van der Waals surface area (Å²) in [5.74, 6) is -0.581. The molecule has 130 valence electrons. The molecule has 0 atom stereocenters. The molecular weight excluding hydrogens is 320 g/mol. The van der Waals surface area contributed by atoms with Crippen molar-refractivity contribution in [1.82, 2.24) is 9.13 Å². The van der Waals surface area contributed by atoms with Crippen molar-refractivity contribution in [3.63, 3.8) is 0 Å². The second-order valence-electron chi connectivity index (χ2n) is 6.25. The number of pyridine rings is 1. The lowest BCUT2D eigenvalue weighted by Crippen LogP contribution is -2.21. The molecule has 0 fully saturated rings. The van der Waals surface area contributed by atoms with Crippen molar-refractivity contribution in [3.8, 4) is 11.4 Å². The molecule has 0 aliphatic carbocycles. The molecule has 5 N–H and O–H groups in total. The molecule has 25 heavy (non-hydrogen) atoms. The van der Waals surface area contributed by atoms with E-state index in [-0.39, 0.29) is 28.1 Å². The van der Waals surface area contributed by atoms with Crippen molar-refractivity contribution >= 4 is 22.6 Å². The van der Waals surface area contributed by atoms with Gasteiger partial charge in [-0.1, -0.05) is 6.07 Å². The minimum absolute atomic E-state index is 0.00209. The van der Waals surface area contributed by atoms with Crippen LogP contribution in [0.4, 0.5) is 5.82 Å². The predicted molar refractivity (Wildman–Crippen MR) is 97.3 cm³/mol. The van der Waals surface area contributed by atoms with Crippen molar-refractivity contribution in [2.45, 2.75) is 20.8 Å².